The fourth-order valence-electron chi connectivity index (χ4n) is 2.10. The van der Waals surface area contributed by atoms with E-state index in [1.165, 1.54) is 5.39 Å². The summed E-state index contributed by atoms with van der Waals surface area (Å²) >= 11 is 3.49. The van der Waals surface area contributed by atoms with Crippen molar-refractivity contribution >= 4 is 32.5 Å². The van der Waals surface area contributed by atoms with Crippen LogP contribution in [-0.2, 0) is 0 Å². The number of nitrogens with zero attached hydrogens (tertiary/aromatic N) is 3. The van der Waals surface area contributed by atoms with E-state index in [9.17, 15) is 0 Å². The Labute approximate surface area is 120 Å². The predicted molar refractivity (Wildman–Crippen MR) is 83.1 cm³/mol. The third-order valence-corrected chi connectivity index (χ3v) is 3.64. The third kappa shape index (κ3) is 2.24. The molecule has 0 unspecified atom stereocenters. The summed E-state index contributed by atoms with van der Waals surface area (Å²) in [4.78, 5) is 6.57. The Bertz CT molecular complexity index is 714. The second-order valence-electron chi connectivity index (χ2n) is 4.66. The smallest absolute Gasteiger partial charge is 0.137 e. The van der Waals surface area contributed by atoms with Crippen LogP contribution >= 0.6 is 15.9 Å². The molecule has 19 heavy (non-hydrogen) atoms. The lowest BCUT2D eigenvalue weighted by atomic mass is 10.2. The van der Waals surface area contributed by atoms with Gasteiger partial charge in [0.05, 0.1) is 17.4 Å². The van der Waals surface area contributed by atoms with Crippen molar-refractivity contribution in [3.05, 3.63) is 53.3 Å². The maximum absolute atomic E-state index is 4.52. The number of fused-ring (bicyclic) bond motifs is 1. The van der Waals surface area contributed by atoms with Crippen molar-refractivity contribution in [1.82, 2.24) is 9.55 Å². The van der Waals surface area contributed by atoms with Gasteiger partial charge in [0.1, 0.15) is 5.82 Å². The summed E-state index contributed by atoms with van der Waals surface area (Å²) in [5, 5.41) is 1.20. The van der Waals surface area contributed by atoms with Gasteiger partial charge in [-0.05, 0) is 36.4 Å². The van der Waals surface area contributed by atoms with Gasteiger partial charge in [-0.25, -0.2) is 4.98 Å². The molecule has 2 heterocycles. The molecule has 1 aromatic carbocycles. The summed E-state index contributed by atoms with van der Waals surface area (Å²) in [7, 11) is 4.03. The molecule has 0 N–H and O–H groups in total. The van der Waals surface area contributed by atoms with Crippen LogP contribution in [0.5, 0.6) is 0 Å². The van der Waals surface area contributed by atoms with Crippen LogP contribution in [0.1, 0.15) is 0 Å². The third-order valence-electron chi connectivity index (χ3n) is 3.15. The standard InChI is InChI=1S/C15H14BrN3/c1-18(2)13-4-6-15(17-10-13)19-8-7-11-9-12(16)3-5-14(11)19/h3-10H,1-2H3. The highest BCUT2D eigenvalue weighted by atomic mass is 79.9. The van der Waals surface area contributed by atoms with Gasteiger partial charge in [-0.3, -0.25) is 0 Å². The Morgan fingerprint density at radius 2 is 1.95 bits per heavy atom. The highest BCUT2D eigenvalue weighted by molar-refractivity contribution is 9.10. The first kappa shape index (κ1) is 12.2. The van der Waals surface area contributed by atoms with Crippen LogP contribution in [-0.4, -0.2) is 23.6 Å². The Balaban J connectivity index is 2.09. The molecule has 0 aliphatic carbocycles. The molecule has 0 aliphatic heterocycles. The molecule has 0 atom stereocenters. The molecule has 4 heteroatoms. The lowest BCUT2D eigenvalue weighted by Crippen LogP contribution is -2.09. The van der Waals surface area contributed by atoms with E-state index in [0.717, 1.165) is 21.5 Å². The zero-order valence-electron chi connectivity index (χ0n) is 10.8. The Morgan fingerprint density at radius 3 is 2.63 bits per heavy atom. The van der Waals surface area contributed by atoms with Crippen molar-refractivity contribution in [2.75, 3.05) is 19.0 Å². The van der Waals surface area contributed by atoms with Gasteiger partial charge in [0.25, 0.3) is 0 Å². The Kier molecular flexibility index (Phi) is 3.03. The largest absolute Gasteiger partial charge is 0.376 e. The van der Waals surface area contributed by atoms with Gasteiger partial charge in [0, 0.05) is 30.2 Å². The van der Waals surface area contributed by atoms with Gasteiger partial charge < -0.3 is 9.47 Å². The van der Waals surface area contributed by atoms with E-state index in [2.05, 4.69) is 55.9 Å². The Morgan fingerprint density at radius 1 is 1.11 bits per heavy atom. The van der Waals surface area contributed by atoms with E-state index in [1.807, 2.05) is 37.3 Å². The highest BCUT2D eigenvalue weighted by Crippen LogP contribution is 2.23. The van der Waals surface area contributed by atoms with Gasteiger partial charge in [0.15, 0.2) is 0 Å². The average Bonchev–Trinajstić information content (AvgIpc) is 2.81. The first-order valence-corrected chi connectivity index (χ1v) is 6.85. The predicted octanol–water partition coefficient (Wildman–Crippen LogP) is 3.85. The minimum Gasteiger partial charge on any atom is -0.376 e. The van der Waals surface area contributed by atoms with Crippen molar-refractivity contribution in [3.63, 3.8) is 0 Å². The first-order valence-electron chi connectivity index (χ1n) is 6.05. The normalized spacial score (nSPS) is 10.9. The molecular weight excluding hydrogens is 302 g/mol. The summed E-state index contributed by atoms with van der Waals surface area (Å²) in [6, 6.07) is 12.5. The van der Waals surface area contributed by atoms with Crippen LogP contribution in [0, 0.1) is 0 Å². The second-order valence-corrected chi connectivity index (χ2v) is 5.57. The fraction of sp³-hybridized carbons (Fsp3) is 0.133. The average molecular weight is 316 g/mol. The van der Waals surface area contributed by atoms with Gasteiger partial charge >= 0.3 is 0 Å². The van der Waals surface area contributed by atoms with Crippen LogP contribution < -0.4 is 4.90 Å². The molecule has 3 rings (SSSR count). The van der Waals surface area contributed by atoms with Crippen molar-refractivity contribution < 1.29 is 0 Å². The molecule has 0 bridgehead atoms. The number of benzene rings is 1. The maximum Gasteiger partial charge on any atom is 0.137 e. The van der Waals surface area contributed by atoms with Crippen LogP contribution in [0.2, 0.25) is 0 Å². The number of hydrogen-bond donors (Lipinski definition) is 0. The molecule has 0 amide bonds. The molecule has 0 fully saturated rings. The monoisotopic (exact) mass is 315 g/mol. The summed E-state index contributed by atoms with van der Waals surface area (Å²) in [6.45, 7) is 0. The van der Waals surface area contributed by atoms with Crippen LogP contribution in [0.25, 0.3) is 16.7 Å². The molecule has 96 valence electrons. The number of pyridine rings is 1. The van der Waals surface area contributed by atoms with Crippen molar-refractivity contribution in [2.45, 2.75) is 0 Å². The molecule has 0 radical (unpaired) electrons. The van der Waals surface area contributed by atoms with E-state index in [0.29, 0.717) is 0 Å². The molecule has 0 saturated carbocycles. The summed E-state index contributed by atoms with van der Waals surface area (Å²) in [5.41, 5.74) is 2.26. The zero-order valence-corrected chi connectivity index (χ0v) is 12.4. The van der Waals surface area contributed by atoms with Gasteiger partial charge in [-0.2, -0.15) is 0 Å². The Hall–Kier alpha value is -1.81. The summed E-state index contributed by atoms with van der Waals surface area (Å²) in [6.07, 6.45) is 3.94. The molecule has 0 saturated heterocycles. The summed E-state index contributed by atoms with van der Waals surface area (Å²) in [5.74, 6) is 0.933. The van der Waals surface area contributed by atoms with E-state index >= 15 is 0 Å². The zero-order chi connectivity index (χ0) is 13.4. The topological polar surface area (TPSA) is 21.1 Å². The van der Waals surface area contributed by atoms with Crippen molar-refractivity contribution in [2.24, 2.45) is 0 Å². The van der Waals surface area contributed by atoms with Gasteiger partial charge in [-0.1, -0.05) is 15.9 Å². The minimum absolute atomic E-state index is 0.933. The second kappa shape index (κ2) is 4.70. The maximum atomic E-state index is 4.52. The number of halogens is 1. The number of rotatable bonds is 2. The summed E-state index contributed by atoms with van der Waals surface area (Å²) < 4.78 is 3.19. The molecule has 0 spiro atoms. The SMILES string of the molecule is CN(C)c1ccc(-n2ccc3cc(Br)ccc32)nc1. The lowest BCUT2D eigenvalue weighted by molar-refractivity contribution is 1.03. The minimum atomic E-state index is 0.933. The molecule has 0 aliphatic rings. The van der Waals surface area contributed by atoms with Crippen LogP contribution in [0.4, 0.5) is 5.69 Å². The fourth-order valence-corrected chi connectivity index (χ4v) is 2.48. The van der Waals surface area contributed by atoms with E-state index in [-0.39, 0.29) is 0 Å². The lowest BCUT2D eigenvalue weighted by Gasteiger charge is -2.12. The van der Waals surface area contributed by atoms with Gasteiger partial charge in [-0.15, -0.1) is 0 Å². The van der Waals surface area contributed by atoms with Crippen LogP contribution in [0.15, 0.2) is 53.3 Å². The molecular formula is C15H14BrN3. The van der Waals surface area contributed by atoms with Crippen molar-refractivity contribution in [3.8, 4) is 5.82 Å². The number of aromatic nitrogens is 2. The number of hydrogen-bond acceptors (Lipinski definition) is 2. The van der Waals surface area contributed by atoms with Crippen molar-refractivity contribution in [1.29, 1.82) is 0 Å². The first-order chi connectivity index (χ1) is 9.15. The quantitative estimate of drug-likeness (QED) is 0.716. The molecule has 3 aromatic rings. The molecule has 3 nitrogen and oxygen atoms in total. The number of anilines is 1. The van der Waals surface area contributed by atoms with Crippen LogP contribution in [0.3, 0.4) is 0 Å². The van der Waals surface area contributed by atoms with Gasteiger partial charge in [0.2, 0.25) is 0 Å². The molecule has 2 aromatic heterocycles. The van der Waals surface area contributed by atoms with E-state index in [4.69, 9.17) is 0 Å². The van der Waals surface area contributed by atoms with E-state index in [1.54, 1.807) is 0 Å². The van der Waals surface area contributed by atoms with E-state index < -0.39 is 0 Å². The highest BCUT2D eigenvalue weighted by Gasteiger charge is 2.05.